The normalized spacial score (nSPS) is 17.8. The lowest BCUT2D eigenvalue weighted by molar-refractivity contribution is 0.0500. The second-order valence-electron chi connectivity index (χ2n) is 7.35. The third kappa shape index (κ3) is 3.64. The van der Waals surface area contributed by atoms with Gasteiger partial charge in [-0.1, -0.05) is 0 Å². The van der Waals surface area contributed by atoms with Crippen LogP contribution >= 0.6 is 0 Å². The highest BCUT2D eigenvalue weighted by Gasteiger charge is 2.27. The van der Waals surface area contributed by atoms with E-state index in [1.807, 2.05) is 25.7 Å². The Balaban J connectivity index is 1.81. The van der Waals surface area contributed by atoms with Crippen LogP contribution in [0.25, 0.3) is 11.0 Å². The van der Waals surface area contributed by atoms with Crippen LogP contribution in [0.1, 0.15) is 39.2 Å². The summed E-state index contributed by atoms with van der Waals surface area (Å²) in [5.41, 5.74) is 0.0907. The molecule has 1 amide bonds. The molecular weight excluding hydrogens is 336 g/mol. The maximum atomic E-state index is 12.0. The number of nitriles is 1. The second-order valence-corrected chi connectivity index (χ2v) is 7.35. The van der Waals surface area contributed by atoms with E-state index in [0.29, 0.717) is 30.0 Å². The van der Waals surface area contributed by atoms with Crippen LogP contribution in [0.15, 0.2) is 11.1 Å². The van der Waals surface area contributed by atoms with Crippen molar-refractivity contribution in [3.05, 3.63) is 22.2 Å². The summed E-state index contributed by atoms with van der Waals surface area (Å²) in [5.74, 6) is 0.558. The van der Waals surface area contributed by atoms with Crippen LogP contribution in [-0.4, -0.2) is 45.8 Å². The molecule has 3 N–H and O–H groups in total. The molecule has 1 aliphatic heterocycles. The molecule has 26 heavy (non-hydrogen) atoms. The van der Waals surface area contributed by atoms with Gasteiger partial charge in [0.05, 0.1) is 6.33 Å². The lowest BCUT2D eigenvalue weighted by Crippen LogP contribution is -2.49. The van der Waals surface area contributed by atoms with Gasteiger partial charge in [-0.25, -0.2) is 9.78 Å². The molecule has 9 nitrogen and oxygen atoms in total. The van der Waals surface area contributed by atoms with Crippen molar-refractivity contribution in [3.8, 4) is 6.07 Å². The monoisotopic (exact) mass is 358 g/mol. The lowest BCUT2D eigenvalue weighted by atomic mass is 10.1. The number of ether oxygens (including phenoxy) is 1. The van der Waals surface area contributed by atoms with Gasteiger partial charge < -0.3 is 24.9 Å². The van der Waals surface area contributed by atoms with Crippen LogP contribution < -0.4 is 15.8 Å². The molecule has 2 aromatic rings. The van der Waals surface area contributed by atoms with Crippen molar-refractivity contribution < 1.29 is 9.53 Å². The number of carbonyl (C=O) groups is 1. The molecule has 1 atom stereocenters. The van der Waals surface area contributed by atoms with Crippen molar-refractivity contribution in [3.63, 3.8) is 0 Å². The van der Waals surface area contributed by atoms with Crippen LogP contribution in [0.5, 0.6) is 0 Å². The van der Waals surface area contributed by atoms with E-state index in [2.05, 4.69) is 26.3 Å². The number of amides is 1. The summed E-state index contributed by atoms with van der Waals surface area (Å²) < 4.78 is 5.31. The zero-order chi connectivity index (χ0) is 18.9. The van der Waals surface area contributed by atoms with Crippen molar-refractivity contribution in [1.82, 2.24) is 20.3 Å². The van der Waals surface area contributed by atoms with Crippen LogP contribution in [0.4, 0.5) is 10.6 Å². The Hall–Kier alpha value is -3.02. The first-order valence-electron chi connectivity index (χ1n) is 8.52. The highest BCUT2D eigenvalue weighted by atomic mass is 16.6. The minimum absolute atomic E-state index is 0.109. The van der Waals surface area contributed by atoms with Gasteiger partial charge in [0.15, 0.2) is 0 Å². The molecule has 0 aromatic carbocycles. The van der Waals surface area contributed by atoms with Gasteiger partial charge in [-0.05, 0) is 33.6 Å². The molecule has 3 rings (SSSR count). The van der Waals surface area contributed by atoms with Crippen molar-refractivity contribution in [2.45, 2.75) is 45.3 Å². The summed E-state index contributed by atoms with van der Waals surface area (Å²) in [5, 5.41) is 12.4. The van der Waals surface area contributed by atoms with Gasteiger partial charge in [0.2, 0.25) is 0 Å². The smallest absolute Gasteiger partial charge is 0.407 e. The minimum Gasteiger partial charge on any atom is -0.444 e. The van der Waals surface area contributed by atoms with Gasteiger partial charge in [-0.3, -0.25) is 4.79 Å². The number of nitrogens with one attached hydrogen (secondary N) is 3. The van der Waals surface area contributed by atoms with E-state index in [-0.39, 0.29) is 17.1 Å². The molecule has 3 heterocycles. The predicted molar refractivity (Wildman–Crippen MR) is 96.0 cm³/mol. The van der Waals surface area contributed by atoms with Crippen LogP contribution in [0.2, 0.25) is 0 Å². The molecule has 1 fully saturated rings. The number of piperidine rings is 1. The maximum absolute atomic E-state index is 12.0. The van der Waals surface area contributed by atoms with Crippen LogP contribution in [0.3, 0.4) is 0 Å². The summed E-state index contributed by atoms with van der Waals surface area (Å²) in [6.07, 6.45) is 2.48. The SMILES string of the molecule is CC(C)(C)OC(=O)NC1CCCN(c2[nH]c3c(=O)[nH]cnc3c2C#N)C1. The second kappa shape index (κ2) is 6.71. The Morgan fingerprint density at radius 3 is 2.96 bits per heavy atom. The fourth-order valence-corrected chi connectivity index (χ4v) is 3.11. The van der Waals surface area contributed by atoms with E-state index in [9.17, 15) is 14.9 Å². The average Bonchev–Trinajstić information content (AvgIpc) is 2.93. The van der Waals surface area contributed by atoms with Gasteiger partial charge in [0.1, 0.15) is 34.1 Å². The third-order valence-electron chi connectivity index (χ3n) is 4.14. The number of carbonyl (C=O) groups excluding carboxylic acids is 1. The fourth-order valence-electron chi connectivity index (χ4n) is 3.11. The number of aromatic amines is 2. The number of hydrogen-bond acceptors (Lipinski definition) is 6. The van der Waals surface area contributed by atoms with Gasteiger partial charge in [-0.2, -0.15) is 5.26 Å². The summed E-state index contributed by atoms with van der Waals surface area (Å²) in [7, 11) is 0. The predicted octanol–water partition coefficient (Wildman–Crippen LogP) is 1.62. The number of rotatable bonds is 2. The van der Waals surface area contributed by atoms with E-state index in [0.717, 1.165) is 12.8 Å². The standard InChI is InChI=1S/C17H22N6O3/c1-17(2,3)26-16(25)21-10-5-4-6-23(8-10)14-11(7-18)12-13(22-14)15(24)20-9-19-12/h9-10,22H,4-6,8H2,1-3H3,(H,21,25)(H,19,20,24). The summed E-state index contributed by atoms with van der Waals surface area (Å²) in [6, 6.07) is 2.02. The molecule has 138 valence electrons. The molecule has 0 radical (unpaired) electrons. The van der Waals surface area contributed by atoms with E-state index >= 15 is 0 Å². The highest BCUT2D eigenvalue weighted by molar-refractivity contribution is 5.87. The van der Waals surface area contributed by atoms with E-state index in [1.54, 1.807) is 0 Å². The Labute approximate surface area is 150 Å². The van der Waals surface area contributed by atoms with Crippen molar-refractivity contribution in [1.29, 1.82) is 5.26 Å². The molecule has 2 aromatic heterocycles. The topological polar surface area (TPSA) is 127 Å². The Morgan fingerprint density at radius 2 is 2.27 bits per heavy atom. The molecule has 1 aliphatic rings. The largest absolute Gasteiger partial charge is 0.444 e. The molecule has 0 spiro atoms. The number of hydrogen-bond donors (Lipinski definition) is 3. The molecule has 1 unspecified atom stereocenters. The average molecular weight is 358 g/mol. The van der Waals surface area contributed by atoms with Crippen LogP contribution in [0, 0.1) is 11.3 Å². The summed E-state index contributed by atoms with van der Waals surface area (Å²) in [4.78, 5) is 35.6. The van der Waals surface area contributed by atoms with Gasteiger partial charge in [-0.15, -0.1) is 0 Å². The number of aromatic nitrogens is 3. The molecule has 1 saturated heterocycles. The zero-order valence-corrected chi connectivity index (χ0v) is 15.0. The third-order valence-corrected chi connectivity index (χ3v) is 4.14. The fraction of sp³-hybridized carbons (Fsp3) is 0.529. The van der Waals surface area contributed by atoms with Gasteiger partial charge in [0, 0.05) is 19.1 Å². The molecule has 0 aliphatic carbocycles. The van der Waals surface area contributed by atoms with E-state index < -0.39 is 11.7 Å². The first-order valence-corrected chi connectivity index (χ1v) is 8.52. The van der Waals surface area contributed by atoms with E-state index in [4.69, 9.17) is 4.74 Å². The molecule has 9 heteroatoms. The molecule has 0 bridgehead atoms. The van der Waals surface area contributed by atoms with Crippen LogP contribution in [-0.2, 0) is 4.74 Å². The summed E-state index contributed by atoms with van der Waals surface area (Å²) >= 11 is 0. The Bertz CT molecular complexity index is 917. The van der Waals surface area contributed by atoms with E-state index in [1.165, 1.54) is 6.33 Å². The quantitative estimate of drug-likeness (QED) is 0.748. The van der Waals surface area contributed by atoms with Crippen molar-refractivity contribution >= 4 is 22.9 Å². The first-order chi connectivity index (χ1) is 12.3. The van der Waals surface area contributed by atoms with Gasteiger partial charge in [0.25, 0.3) is 5.56 Å². The summed E-state index contributed by atoms with van der Waals surface area (Å²) in [6.45, 7) is 6.67. The number of fused-ring (bicyclic) bond motifs is 1. The lowest BCUT2D eigenvalue weighted by Gasteiger charge is -2.34. The number of H-pyrrole nitrogens is 2. The maximum Gasteiger partial charge on any atom is 0.407 e. The first kappa shape index (κ1) is 17.8. The zero-order valence-electron chi connectivity index (χ0n) is 15.0. The van der Waals surface area contributed by atoms with Crippen molar-refractivity contribution in [2.75, 3.05) is 18.0 Å². The van der Waals surface area contributed by atoms with Gasteiger partial charge >= 0.3 is 6.09 Å². The Morgan fingerprint density at radius 1 is 1.50 bits per heavy atom. The number of alkyl carbamates (subject to hydrolysis) is 1. The number of nitrogens with zero attached hydrogens (tertiary/aromatic N) is 3. The minimum atomic E-state index is -0.559. The highest BCUT2D eigenvalue weighted by Crippen LogP contribution is 2.27. The molecule has 0 saturated carbocycles. The molecular formula is C17H22N6O3. The Kier molecular flexibility index (Phi) is 4.59. The number of anilines is 1. The van der Waals surface area contributed by atoms with Crippen molar-refractivity contribution in [2.24, 2.45) is 0 Å².